The number of thiophene rings is 1. The highest BCUT2D eigenvalue weighted by Gasteiger charge is 2.24. The number of aryl methyl sites for hydroxylation is 3. The zero-order valence-corrected chi connectivity index (χ0v) is 19.3. The van der Waals surface area contributed by atoms with Gasteiger partial charge in [0.05, 0.1) is 16.1 Å². The van der Waals surface area contributed by atoms with Crippen LogP contribution in [0, 0.1) is 13.8 Å². The number of amides is 2. The van der Waals surface area contributed by atoms with Gasteiger partial charge in [-0.1, -0.05) is 39.0 Å². The topological polar surface area (TPSA) is 88.9 Å². The Morgan fingerprint density at radius 3 is 2.42 bits per heavy atom. The first-order valence-electron chi connectivity index (χ1n) is 10.0. The van der Waals surface area contributed by atoms with Gasteiger partial charge in [0.1, 0.15) is 10.7 Å². The standard InChI is InChI=1S/C23H25N5O2S/c1-12-17-13(2)24-22(23(3,4)5)25-21(17)31-18(12)20(30)27-26-19(29)15-11-28(6)16-10-8-7-9-14(15)16/h7-11H,1-6H3,(H,26,29)(H,27,30). The molecular formula is C23H25N5O2S. The smallest absolute Gasteiger partial charge is 0.280 e. The van der Waals surface area contributed by atoms with Gasteiger partial charge in [0.15, 0.2) is 0 Å². The van der Waals surface area contributed by atoms with Gasteiger partial charge in [-0.2, -0.15) is 0 Å². The number of para-hydroxylation sites is 1. The molecule has 0 aliphatic carbocycles. The SMILES string of the molecule is Cc1nc(C(C)(C)C)nc2sc(C(=O)NNC(=O)c3cn(C)c4ccccc34)c(C)c12. The fourth-order valence-electron chi connectivity index (χ4n) is 3.65. The van der Waals surface area contributed by atoms with E-state index in [2.05, 4.69) is 41.6 Å². The summed E-state index contributed by atoms with van der Waals surface area (Å²) >= 11 is 1.31. The maximum absolute atomic E-state index is 12.9. The molecule has 0 atom stereocenters. The largest absolute Gasteiger partial charge is 0.350 e. The van der Waals surface area contributed by atoms with Gasteiger partial charge in [0, 0.05) is 34.9 Å². The van der Waals surface area contributed by atoms with Gasteiger partial charge in [-0.05, 0) is 25.5 Å². The van der Waals surface area contributed by atoms with Gasteiger partial charge < -0.3 is 4.57 Å². The van der Waals surface area contributed by atoms with Crippen molar-refractivity contribution in [2.75, 3.05) is 0 Å². The summed E-state index contributed by atoms with van der Waals surface area (Å²) in [7, 11) is 1.88. The van der Waals surface area contributed by atoms with Gasteiger partial charge in [-0.15, -0.1) is 11.3 Å². The molecule has 0 unspecified atom stereocenters. The van der Waals surface area contributed by atoms with E-state index >= 15 is 0 Å². The summed E-state index contributed by atoms with van der Waals surface area (Å²) in [6.45, 7) is 10.00. The fraction of sp³-hybridized carbons (Fsp3) is 0.304. The number of fused-ring (bicyclic) bond motifs is 2. The number of aromatic nitrogens is 3. The van der Waals surface area contributed by atoms with Gasteiger partial charge in [-0.25, -0.2) is 9.97 Å². The molecule has 0 spiro atoms. The third kappa shape index (κ3) is 3.67. The Labute approximate surface area is 184 Å². The summed E-state index contributed by atoms with van der Waals surface area (Å²) in [5.41, 5.74) is 8.02. The number of benzene rings is 1. The van der Waals surface area contributed by atoms with Crippen LogP contribution in [-0.4, -0.2) is 26.3 Å². The van der Waals surface area contributed by atoms with Crippen LogP contribution in [0.3, 0.4) is 0 Å². The highest BCUT2D eigenvalue weighted by molar-refractivity contribution is 7.20. The first-order valence-corrected chi connectivity index (χ1v) is 10.8. The van der Waals surface area contributed by atoms with Gasteiger partial charge in [-0.3, -0.25) is 20.4 Å². The van der Waals surface area contributed by atoms with Gasteiger partial charge in [0.2, 0.25) is 0 Å². The average molecular weight is 436 g/mol. The molecule has 4 aromatic rings. The Balaban J connectivity index is 1.59. The maximum Gasteiger partial charge on any atom is 0.280 e. The summed E-state index contributed by atoms with van der Waals surface area (Å²) in [5, 5.41) is 1.72. The van der Waals surface area contributed by atoms with Crippen LogP contribution < -0.4 is 10.9 Å². The molecule has 3 heterocycles. The lowest BCUT2D eigenvalue weighted by Crippen LogP contribution is -2.41. The highest BCUT2D eigenvalue weighted by Crippen LogP contribution is 2.33. The summed E-state index contributed by atoms with van der Waals surface area (Å²) in [5.74, 6) is 0.00988. The van der Waals surface area contributed by atoms with E-state index in [0.717, 1.165) is 38.2 Å². The van der Waals surface area contributed by atoms with Crippen LogP contribution >= 0.6 is 11.3 Å². The number of carbonyl (C=O) groups excluding carboxylic acids is 2. The number of nitrogens with zero attached hydrogens (tertiary/aromatic N) is 3. The monoisotopic (exact) mass is 435 g/mol. The predicted molar refractivity (Wildman–Crippen MR) is 123 cm³/mol. The lowest BCUT2D eigenvalue weighted by molar-refractivity contribution is 0.0849. The van der Waals surface area contributed by atoms with Crippen LogP contribution in [0.4, 0.5) is 0 Å². The minimum absolute atomic E-state index is 0.189. The molecule has 31 heavy (non-hydrogen) atoms. The second kappa shape index (κ2) is 7.46. The number of hydrazine groups is 1. The maximum atomic E-state index is 12.9. The van der Waals surface area contributed by atoms with Crippen LogP contribution in [0.15, 0.2) is 30.5 Å². The second-order valence-electron chi connectivity index (χ2n) is 8.70. The van der Waals surface area contributed by atoms with Gasteiger partial charge >= 0.3 is 0 Å². The van der Waals surface area contributed by atoms with Crippen LogP contribution in [0.2, 0.25) is 0 Å². The first-order chi connectivity index (χ1) is 14.6. The summed E-state index contributed by atoms with van der Waals surface area (Å²) < 4.78 is 1.89. The summed E-state index contributed by atoms with van der Waals surface area (Å²) in [6, 6.07) is 7.64. The van der Waals surface area contributed by atoms with Crippen molar-refractivity contribution in [3.8, 4) is 0 Å². The Bertz CT molecular complexity index is 1340. The molecule has 0 bridgehead atoms. The molecule has 2 amide bonds. The highest BCUT2D eigenvalue weighted by atomic mass is 32.1. The minimum atomic E-state index is -0.370. The molecule has 0 saturated carbocycles. The average Bonchev–Trinajstić information content (AvgIpc) is 3.23. The molecule has 0 saturated heterocycles. The molecular weight excluding hydrogens is 410 g/mol. The Morgan fingerprint density at radius 1 is 1.03 bits per heavy atom. The molecule has 4 rings (SSSR count). The van der Waals surface area contributed by atoms with Crippen molar-refractivity contribution in [2.45, 2.75) is 40.0 Å². The van der Waals surface area contributed by atoms with E-state index in [9.17, 15) is 9.59 Å². The molecule has 2 N–H and O–H groups in total. The van der Waals surface area contributed by atoms with Crippen LogP contribution in [0.5, 0.6) is 0 Å². The lowest BCUT2D eigenvalue weighted by Gasteiger charge is -2.16. The lowest BCUT2D eigenvalue weighted by atomic mass is 9.95. The molecule has 3 aromatic heterocycles. The van der Waals surface area contributed by atoms with Crippen LogP contribution in [-0.2, 0) is 12.5 Å². The first kappa shape index (κ1) is 21.0. The number of rotatable bonds is 2. The molecule has 0 aliphatic rings. The summed E-state index contributed by atoms with van der Waals surface area (Å²) in [4.78, 5) is 36.2. The van der Waals surface area contributed by atoms with Gasteiger partial charge in [0.25, 0.3) is 11.8 Å². The number of hydrogen-bond acceptors (Lipinski definition) is 5. The van der Waals surface area contributed by atoms with Crippen molar-refractivity contribution in [1.82, 2.24) is 25.4 Å². The molecule has 0 fully saturated rings. The van der Waals surface area contributed by atoms with E-state index in [1.165, 1.54) is 11.3 Å². The minimum Gasteiger partial charge on any atom is -0.350 e. The van der Waals surface area contributed by atoms with E-state index < -0.39 is 0 Å². The fourth-order valence-corrected chi connectivity index (χ4v) is 4.78. The zero-order chi connectivity index (χ0) is 22.5. The molecule has 8 heteroatoms. The van der Waals surface area contributed by atoms with E-state index in [1.807, 2.05) is 49.7 Å². The molecule has 7 nitrogen and oxygen atoms in total. The van der Waals surface area contributed by atoms with Crippen LogP contribution in [0.1, 0.15) is 57.9 Å². The van der Waals surface area contributed by atoms with E-state index in [-0.39, 0.29) is 17.2 Å². The third-order valence-corrected chi connectivity index (χ3v) is 6.46. The van der Waals surface area contributed by atoms with Crippen molar-refractivity contribution < 1.29 is 9.59 Å². The van der Waals surface area contributed by atoms with Crippen molar-refractivity contribution in [2.24, 2.45) is 7.05 Å². The van der Waals surface area contributed by atoms with E-state index in [1.54, 1.807) is 6.20 Å². The van der Waals surface area contributed by atoms with Crippen molar-refractivity contribution in [3.05, 3.63) is 58.0 Å². The van der Waals surface area contributed by atoms with Crippen molar-refractivity contribution >= 4 is 44.3 Å². The molecule has 160 valence electrons. The van der Waals surface area contributed by atoms with Crippen LogP contribution in [0.25, 0.3) is 21.1 Å². The van der Waals surface area contributed by atoms with Crippen molar-refractivity contribution in [3.63, 3.8) is 0 Å². The van der Waals surface area contributed by atoms with E-state index in [0.29, 0.717) is 10.4 Å². The number of hydrogen-bond donors (Lipinski definition) is 2. The predicted octanol–water partition coefficient (Wildman–Crippen LogP) is 4.17. The number of nitrogens with one attached hydrogen (secondary N) is 2. The third-order valence-electron chi connectivity index (χ3n) is 5.28. The Hall–Kier alpha value is -3.26. The number of carbonyl (C=O) groups is 2. The molecule has 0 aliphatic heterocycles. The summed E-state index contributed by atoms with van der Waals surface area (Å²) in [6.07, 6.45) is 1.75. The molecule has 0 radical (unpaired) electrons. The Morgan fingerprint density at radius 2 is 1.71 bits per heavy atom. The zero-order valence-electron chi connectivity index (χ0n) is 18.5. The molecule has 1 aromatic carbocycles. The Kier molecular flexibility index (Phi) is 5.05. The van der Waals surface area contributed by atoms with Crippen molar-refractivity contribution in [1.29, 1.82) is 0 Å². The quantitative estimate of drug-likeness (QED) is 0.463. The normalized spacial score (nSPS) is 11.8. The van der Waals surface area contributed by atoms with E-state index in [4.69, 9.17) is 0 Å². The second-order valence-corrected chi connectivity index (χ2v) is 9.70.